The van der Waals surface area contributed by atoms with Crippen molar-refractivity contribution < 1.29 is 4.39 Å². The van der Waals surface area contributed by atoms with Gasteiger partial charge in [0.1, 0.15) is 5.82 Å². The highest BCUT2D eigenvalue weighted by atomic mass is 19.1. The molecule has 3 heteroatoms. The Labute approximate surface area is 104 Å². The largest absolute Gasteiger partial charge is 0.373 e. The van der Waals surface area contributed by atoms with Crippen molar-refractivity contribution in [2.24, 2.45) is 0 Å². The molecule has 0 bridgehead atoms. The molecule has 1 aromatic rings. The van der Waals surface area contributed by atoms with Crippen molar-refractivity contribution in [1.82, 2.24) is 5.32 Å². The van der Waals surface area contributed by atoms with Crippen LogP contribution in [0.5, 0.6) is 0 Å². The molecular formula is C14H23FN2. The minimum Gasteiger partial charge on any atom is -0.373 e. The van der Waals surface area contributed by atoms with E-state index in [1.54, 1.807) is 0 Å². The van der Waals surface area contributed by atoms with Crippen molar-refractivity contribution in [2.45, 2.75) is 26.2 Å². The molecule has 0 spiro atoms. The first kappa shape index (κ1) is 14.0. The van der Waals surface area contributed by atoms with Gasteiger partial charge in [-0.3, -0.25) is 0 Å². The molecule has 0 aliphatic heterocycles. The zero-order valence-corrected chi connectivity index (χ0v) is 10.9. The molecule has 1 aromatic carbocycles. The van der Waals surface area contributed by atoms with Crippen LogP contribution < -0.4 is 10.2 Å². The van der Waals surface area contributed by atoms with E-state index < -0.39 is 0 Å². The number of likely N-dealkylation sites (N-methyl/N-ethyl adjacent to an activating group) is 1. The summed E-state index contributed by atoms with van der Waals surface area (Å²) in [7, 11) is 2.03. The Bertz CT molecular complexity index is 298. The van der Waals surface area contributed by atoms with Gasteiger partial charge < -0.3 is 10.2 Å². The quantitative estimate of drug-likeness (QED) is 0.700. The van der Waals surface area contributed by atoms with Gasteiger partial charge in [-0.15, -0.1) is 0 Å². The summed E-state index contributed by atoms with van der Waals surface area (Å²) in [4.78, 5) is 2.13. The molecule has 0 amide bonds. The monoisotopic (exact) mass is 238 g/mol. The molecule has 1 rings (SSSR count). The number of nitrogens with one attached hydrogen (secondary N) is 1. The van der Waals surface area contributed by atoms with Crippen LogP contribution in [0.2, 0.25) is 0 Å². The summed E-state index contributed by atoms with van der Waals surface area (Å²) in [6, 6.07) is 6.62. The van der Waals surface area contributed by atoms with Gasteiger partial charge >= 0.3 is 0 Å². The lowest BCUT2D eigenvalue weighted by atomic mass is 10.2. The van der Waals surface area contributed by atoms with Crippen molar-refractivity contribution in [1.29, 1.82) is 0 Å². The Kier molecular flexibility index (Phi) is 6.63. The first-order chi connectivity index (χ1) is 8.24. The summed E-state index contributed by atoms with van der Waals surface area (Å²) in [5, 5.41) is 3.42. The van der Waals surface area contributed by atoms with Crippen LogP contribution in [0.25, 0.3) is 0 Å². The third-order valence-corrected chi connectivity index (χ3v) is 2.85. The van der Waals surface area contributed by atoms with E-state index in [1.165, 1.54) is 31.4 Å². The average molecular weight is 238 g/mol. The molecule has 0 aromatic heterocycles. The first-order valence-electron chi connectivity index (χ1n) is 6.41. The average Bonchev–Trinajstić information content (AvgIpc) is 2.34. The van der Waals surface area contributed by atoms with E-state index in [0.717, 1.165) is 25.3 Å². The van der Waals surface area contributed by atoms with E-state index in [-0.39, 0.29) is 5.82 Å². The van der Waals surface area contributed by atoms with E-state index in [1.807, 2.05) is 19.2 Å². The fourth-order valence-corrected chi connectivity index (χ4v) is 1.70. The fourth-order valence-electron chi connectivity index (χ4n) is 1.70. The van der Waals surface area contributed by atoms with Gasteiger partial charge in [-0.25, -0.2) is 4.39 Å². The third kappa shape index (κ3) is 5.68. The molecule has 0 atom stereocenters. The van der Waals surface area contributed by atoms with Crippen LogP contribution in [-0.4, -0.2) is 26.7 Å². The molecule has 1 N–H and O–H groups in total. The molecule has 0 fully saturated rings. The van der Waals surface area contributed by atoms with Gasteiger partial charge in [0.05, 0.1) is 0 Å². The number of hydrogen-bond donors (Lipinski definition) is 1. The summed E-state index contributed by atoms with van der Waals surface area (Å²) >= 11 is 0. The van der Waals surface area contributed by atoms with E-state index >= 15 is 0 Å². The van der Waals surface area contributed by atoms with Gasteiger partial charge in [0, 0.05) is 25.8 Å². The summed E-state index contributed by atoms with van der Waals surface area (Å²) in [6.45, 7) is 5.21. The van der Waals surface area contributed by atoms with Crippen molar-refractivity contribution in [3.8, 4) is 0 Å². The van der Waals surface area contributed by atoms with Gasteiger partial charge in [-0.05, 0) is 37.2 Å². The SMILES string of the molecule is CCCCCNCCN(C)c1ccc(F)cc1. The highest BCUT2D eigenvalue weighted by Gasteiger charge is 2.00. The zero-order chi connectivity index (χ0) is 12.5. The summed E-state index contributed by atoms with van der Waals surface area (Å²) in [5.41, 5.74) is 1.06. The summed E-state index contributed by atoms with van der Waals surface area (Å²) in [6.07, 6.45) is 3.80. The smallest absolute Gasteiger partial charge is 0.123 e. The molecule has 0 saturated heterocycles. The second-order valence-electron chi connectivity index (χ2n) is 4.36. The van der Waals surface area contributed by atoms with Gasteiger partial charge in [0.2, 0.25) is 0 Å². The highest BCUT2D eigenvalue weighted by Crippen LogP contribution is 2.12. The van der Waals surface area contributed by atoms with Gasteiger partial charge in [0.25, 0.3) is 0 Å². The lowest BCUT2D eigenvalue weighted by Gasteiger charge is -2.19. The lowest BCUT2D eigenvalue weighted by Crippen LogP contribution is -2.29. The second kappa shape index (κ2) is 8.07. The van der Waals surface area contributed by atoms with Crippen LogP contribution in [0.1, 0.15) is 26.2 Å². The Morgan fingerprint density at radius 3 is 2.47 bits per heavy atom. The van der Waals surface area contributed by atoms with E-state index in [9.17, 15) is 4.39 Å². The van der Waals surface area contributed by atoms with Crippen LogP contribution in [0.3, 0.4) is 0 Å². The maximum atomic E-state index is 12.7. The van der Waals surface area contributed by atoms with Gasteiger partial charge in [-0.1, -0.05) is 19.8 Å². The fraction of sp³-hybridized carbons (Fsp3) is 0.571. The minimum absolute atomic E-state index is 0.181. The molecule has 2 nitrogen and oxygen atoms in total. The van der Waals surface area contributed by atoms with Crippen molar-refractivity contribution >= 4 is 5.69 Å². The molecule has 0 aliphatic rings. The molecule has 0 heterocycles. The molecular weight excluding hydrogens is 215 g/mol. The van der Waals surface area contributed by atoms with E-state index in [2.05, 4.69) is 17.1 Å². The molecule has 17 heavy (non-hydrogen) atoms. The van der Waals surface area contributed by atoms with Gasteiger partial charge in [-0.2, -0.15) is 0 Å². The van der Waals surface area contributed by atoms with Crippen LogP contribution in [-0.2, 0) is 0 Å². The van der Waals surface area contributed by atoms with Crippen LogP contribution >= 0.6 is 0 Å². The maximum Gasteiger partial charge on any atom is 0.123 e. The van der Waals surface area contributed by atoms with Gasteiger partial charge in [0.15, 0.2) is 0 Å². The van der Waals surface area contributed by atoms with Crippen LogP contribution in [0.15, 0.2) is 24.3 Å². The third-order valence-electron chi connectivity index (χ3n) is 2.85. The Hall–Kier alpha value is -1.09. The number of anilines is 1. The number of benzene rings is 1. The zero-order valence-electron chi connectivity index (χ0n) is 10.9. The Morgan fingerprint density at radius 1 is 1.12 bits per heavy atom. The standard InChI is InChI=1S/C14H23FN2/c1-3-4-5-10-16-11-12-17(2)14-8-6-13(15)7-9-14/h6-9,16H,3-5,10-12H2,1-2H3. The maximum absolute atomic E-state index is 12.7. The Balaban J connectivity index is 2.16. The number of rotatable bonds is 8. The van der Waals surface area contributed by atoms with Crippen LogP contribution in [0, 0.1) is 5.82 Å². The van der Waals surface area contributed by atoms with Crippen molar-refractivity contribution in [3.63, 3.8) is 0 Å². The second-order valence-corrected chi connectivity index (χ2v) is 4.36. The molecule has 0 aliphatic carbocycles. The van der Waals surface area contributed by atoms with E-state index in [4.69, 9.17) is 0 Å². The normalized spacial score (nSPS) is 10.5. The number of hydrogen-bond acceptors (Lipinski definition) is 2. The number of nitrogens with zero attached hydrogens (tertiary/aromatic N) is 1. The topological polar surface area (TPSA) is 15.3 Å². The van der Waals surface area contributed by atoms with Crippen molar-refractivity contribution in [2.75, 3.05) is 31.6 Å². The summed E-state index contributed by atoms with van der Waals surface area (Å²) in [5.74, 6) is -0.181. The first-order valence-corrected chi connectivity index (χ1v) is 6.41. The minimum atomic E-state index is -0.181. The predicted octanol–water partition coefficient (Wildman–Crippen LogP) is 3.04. The van der Waals surface area contributed by atoms with E-state index in [0.29, 0.717) is 0 Å². The molecule has 0 unspecified atom stereocenters. The number of unbranched alkanes of at least 4 members (excludes halogenated alkanes) is 2. The molecule has 0 radical (unpaired) electrons. The highest BCUT2D eigenvalue weighted by molar-refractivity contribution is 5.45. The number of halogens is 1. The van der Waals surface area contributed by atoms with Crippen molar-refractivity contribution in [3.05, 3.63) is 30.1 Å². The predicted molar refractivity (Wildman–Crippen MR) is 72.1 cm³/mol. The molecule has 0 saturated carbocycles. The summed E-state index contributed by atoms with van der Waals surface area (Å²) < 4.78 is 12.7. The molecule has 96 valence electrons. The lowest BCUT2D eigenvalue weighted by molar-refractivity contribution is 0.614. The van der Waals surface area contributed by atoms with Crippen LogP contribution in [0.4, 0.5) is 10.1 Å². The Morgan fingerprint density at radius 2 is 1.82 bits per heavy atom.